The molecule has 0 radical (unpaired) electrons. The highest BCUT2D eigenvalue weighted by Gasteiger charge is 2.35. The van der Waals surface area contributed by atoms with Gasteiger partial charge in [0.15, 0.2) is 12.6 Å². The summed E-state index contributed by atoms with van der Waals surface area (Å²) in [5.41, 5.74) is -0.397. The van der Waals surface area contributed by atoms with E-state index >= 15 is 0 Å². The van der Waals surface area contributed by atoms with Crippen LogP contribution in [0.3, 0.4) is 0 Å². The highest BCUT2D eigenvalue weighted by atomic mass is 16.7. The Morgan fingerprint density at radius 1 is 1.04 bits per heavy atom. The molecular weight excluding hydrogens is 300 g/mol. The Morgan fingerprint density at radius 3 is 2.26 bits per heavy atom. The molecule has 3 N–H and O–H groups in total. The normalized spacial score (nSPS) is 19.4. The Labute approximate surface area is 139 Å². The second-order valence-electron chi connectivity index (χ2n) is 7.33. The minimum atomic E-state index is -1.28. The molecule has 0 amide bonds. The lowest BCUT2D eigenvalue weighted by molar-refractivity contribution is -0.180. The molecule has 1 unspecified atom stereocenters. The molecule has 0 aliphatic heterocycles. The second kappa shape index (κ2) is 9.91. The summed E-state index contributed by atoms with van der Waals surface area (Å²) in [5.74, 6) is 0. The van der Waals surface area contributed by atoms with Crippen LogP contribution in [-0.2, 0) is 14.2 Å². The van der Waals surface area contributed by atoms with Crippen LogP contribution in [0.1, 0.15) is 59.3 Å². The maximum absolute atomic E-state index is 9.88. The Kier molecular flexibility index (Phi) is 8.97. The van der Waals surface area contributed by atoms with Crippen molar-refractivity contribution in [2.24, 2.45) is 10.8 Å². The monoisotopic (exact) mass is 334 g/mol. The van der Waals surface area contributed by atoms with Gasteiger partial charge in [-0.25, -0.2) is 0 Å². The summed E-state index contributed by atoms with van der Waals surface area (Å²) in [7, 11) is 0. The smallest absolute Gasteiger partial charge is 0.159 e. The first kappa shape index (κ1) is 20.8. The standard InChI is InChI=1S/C17H34O6/c1-4-16(2,3)15(20)23-10-9-21-13-22-12-17(11-14(18)19)7-5-6-8-17/h14-15,18-20H,4-13H2,1-3H3. The predicted octanol–water partition coefficient (Wildman–Crippen LogP) is 2.01. The van der Waals surface area contributed by atoms with Crippen LogP contribution in [0, 0.1) is 10.8 Å². The number of aliphatic hydroxyl groups excluding tert-OH is 2. The maximum atomic E-state index is 9.88. The lowest BCUT2D eigenvalue weighted by atomic mass is 9.83. The number of aliphatic hydroxyl groups is 3. The maximum Gasteiger partial charge on any atom is 0.159 e. The van der Waals surface area contributed by atoms with Gasteiger partial charge in [-0.2, -0.15) is 0 Å². The summed E-state index contributed by atoms with van der Waals surface area (Å²) >= 11 is 0. The molecule has 23 heavy (non-hydrogen) atoms. The van der Waals surface area contributed by atoms with E-state index in [-0.39, 0.29) is 17.6 Å². The van der Waals surface area contributed by atoms with Crippen LogP contribution in [0.25, 0.3) is 0 Å². The summed E-state index contributed by atoms with van der Waals surface area (Å²) in [6.45, 7) is 7.23. The molecule has 0 heterocycles. The fourth-order valence-corrected chi connectivity index (χ4v) is 2.91. The van der Waals surface area contributed by atoms with Gasteiger partial charge in [0, 0.05) is 11.8 Å². The van der Waals surface area contributed by atoms with Crippen molar-refractivity contribution in [3.8, 4) is 0 Å². The Morgan fingerprint density at radius 2 is 1.70 bits per heavy atom. The molecule has 1 aliphatic carbocycles. The van der Waals surface area contributed by atoms with E-state index in [1.54, 1.807) is 0 Å². The molecule has 1 atom stereocenters. The average Bonchev–Trinajstić information content (AvgIpc) is 2.93. The third-order valence-electron chi connectivity index (χ3n) is 4.94. The molecule has 1 aliphatic rings. The molecule has 0 aromatic rings. The lowest BCUT2D eigenvalue weighted by Crippen LogP contribution is -2.32. The highest BCUT2D eigenvalue weighted by molar-refractivity contribution is 4.85. The third kappa shape index (κ3) is 7.45. The van der Waals surface area contributed by atoms with Crippen molar-refractivity contribution in [2.45, 2.75) is 71.9 Å². The zero-order valence-corrected chi connectivity index (χ0v) is 14.8. The molecule has 1 fully saturated rings. The third-order valence-corrected chi connectivity index (χ3v) is 4.94. The van der Waals surface area contributed by atoms with Gasteiger partial charge in [-0.15, -0.1) is 0 Å². The van der Waals surface area contributed by atoms with Crippen molar-refractivity contribution in [1.29, 1.82) is 0 Å². The van der Waals surface area contributed by atoms with Gasteiger partial charge in [0.2, 0.25) is 0 Å². The fourth-order valence-electron chi connectivity index (χ4n) is 2.91. The van der Waals surface area contributed by atoms with Gasteiger partial charge < -0.3 is 29.5 Å². The molecule has 6 heteroatoms. The first-order valence-corrected chi connectivity index (χ1v) is 8.63. The summed E-state index contributed by atoms with van der Waals surface area (Å²) in [4.78, 5) is 0. The van der Waals surface area contributed by atoms with E-state index in [4.69, 9.17) is 14.2 Å². The van der Waals surface area contributed by atoms with E-state index in [2.05, 4.69) is 0 Å². The summed E-state index contributed by atoms with van der Waals surface area (Å²) < 4.78 is 16.3. The number of ether oxygens (including phenoxy) is 3. The minimum absolute atomic E-state index is 0.130. The Bertz CT molecular complexity index is 312. The molecule has 0 aromatic carbocycles. The van der Waals surface area contributed by atoms with E-state index in [9.17, 15) is 15.3 Å². The van der Waals surface area contributed by atoms with Crippen LogP contribution in [0.4, 0.5) is 0 Å². The summed E-state index contributed by atoms with van der Waals surface area (Å²) in [5, 5.41) is 28.3. The first-order valence-electron chi connectivity index (χ1n) is 8.63. The molecule has 0 aromatic heterocycles. The van der Waals surface area contributed by atoms with Crippen molar-refractivity contribution in [1.82, 2.24) is 0 Å². The van der Waals surface area contributed by atoms with E-state index < -0.39 is 12.6 Å². The van der Waals surface area contributed by atoms with Gasteiger partial charge in [0.25, 0.3) is 0 Å². The Balaban J connectivity index is 2.11. The van der Waals surface area contributed by atoms with E-state index in [0.29, 0.717) is 26.2 Å². The largest absolute Gasteiger partial charge is 0.368 e. The van der Waals surface area contributed by atoms with Gasteiger partial charge >= 0.3 is 0 Å². The molecule has 1 rings (SSSR count). The van der Waals surface area contributed by atoms with E-state index in [1.165, 1.54) is 0 Å². The van der Waals surface area contributed by atoms with Gasteiger partial charge in [-0.1, -0.05) is 33.6 Å². The summed E-state index contributed by atoms with van der Waals surface area (Å²) in [6, 6.07) is 0. The summed E-state index contributed by atoms with van der Waals surface area (Å²) in [6.07, 6.45) is 3.24. The zero-order chi connectivity index (χ0) is 17.3. The van der Waals surface area contributed by atoms with Crippen LogP contribution in [0.15, 0.2) is 0 Å². The quantitative estimate of drug-likeness (QED) is 0.374. The average molecular weight is 334 g/mol. The minimum Gasteiger partial charge on any atom is -0.368 e. The molecule has 1 saturated carbocycles. The topological polar surface area (TPSA) is 88.4 Å². The predicted molar refractivity (Wildman–Crippen MR) is 86.5 cm³/mol. The number of rotatable bonds is 12. The first-order chi connectivity index (χ1) is 10.8. The molecule has 0 bridgehead atoms. The number of hydrogen-bond acceptors (Lipinski definition) is 6. The van der Waals surface area contributed by atoms with E-state index in [0.717, 1.165) is 32.1 Å². The van der Waals surface area contributed by atoms with Crippen molar-refractivity contribution in [2.75, 3.05) is 26.6 Å². The van der Waals surface area contributed by atoms with Gasteiger partial charge in [0.05, 0.1) is 19.8 Å². The lowest BCUT2D eigenvalue weighted by Gasteiger charge is -2.29. The van der Waals surface area contributed by atoms with Crippen LogP contribution in [0.5, 0.6) is 0 Å². The van der Waals surface area contributed by atoms with Crippen molar-refractivity contribution < 1.29 is 29.5 Å². The van der Waals surface area contributed by atoms with Crippen molar-refractivity contribution >= 4 is 0 Å². The van der Waals surface area contributed by atoms with Crippen LogP contribution < -0.4 is 0 Å². The second-order valence-corrected chi connectivity index (χ2v) is 7.33. The van der Waals surface area contributed by atoms with Gasteiger partial charge in [-0.3, -0.25) is 0 Å². The van der Waals surface area contributed by atoms with Crippen molar-refractivity contribution in [3.63, 3.8) is 0 Å². The highest BCUT2D eigenvalue weighted by Crippen LogP contribution is 2.41. The molecule has 138 valence electrons. The van der Waals surface area contributed by atoms with Gasteiger partial charge in [-0.05, 0) is 24.7 Å². The molecule has 6 nitrogen and oxygen atoms in total. The van der Waals surface area contributed by atoms with Crippen LogP contribution in [0.2, 0.25) is 0 Å². The molecule has 0 saturated heterocycles. The zero-order valence-electron chi connectivity index (χ0n) is 14.8. The van der Waals surface area contributed by atoms with E-state index in [1.807, 2.05) is 20.8 Å². The van der Waals surface area contributed by atoms with Crippen LogP contribution in [-0.4, -0.2) is 54.5 Å². The molecule has 0 spiro atoms. The Hall–Kier alpha value is -0.240. The number of hydrogen-bond donors (Lipinski definition) is 3. The van der Waals surface area contributed by atoms with Crippen molar-refractivity contribution in [3.05, 3.63) is 0 Å². The van der Waals surface area contributed by atoms with Crippen LogP contribution >= 0.6 is 0 Å². The fraction of sp³-hybridized carbons (Fsp3) is 1.00. The molecular formula is C17H34O6. The van der Waals surface area contributed by atoms with Gasteiger partial charge in [0.1, 0.15) is 6.79 Å². The SMILES string of the molecule is CCC(C)(C)C(O)OCCOCOCC1(CC(O)O)CCCC1.